The van der Waals surface area contributed by atoms with Crippen molar-refractivity contribution >= 4 is 5.71 Å². The molecular weight excluding hydrogens is 178 g/mol. The molecule has 1 heterocycles. The first-order valence-corrected chi connectivity index (χ1v) is 4.66. The maximum absolute atomic E-state index is 5.47. The first kappa shape index (κ1) is 9.21. The summed E-state index contributed by atoms with van der Waals surface area (Å²) in [6, 6.07) is 7.97. The molecule has 0 amide bonds. The van der Waals surface area contributed by atoms with E-state index in [4.69, 9.17) is 9.47 Å². The van der Waals surface area contributed by atoms with Gasteiger partial charge >= 0.3 is 0 Å². The summed E-state index contributed by atoms with van der Waals surface area (Å²) in [5.41, 5.74) is 2.14. The molecule has 0 aliphatic carbocycles. The van der Waals surface area contributed by atoms with Gasteiger partial charge in [0.25, 0.3) is 0 Å². The maximum Gasteiger partial charge on any atom is 0.131 e. The molecule has 0 saturated carbocycles. The van der Waals surface area contributed by atoms with Gasteiger partial charge < -0.3 is 9.47 Å². The standard InChI is InChI=1S/C11H13NO2/c1-13-7-6-12-10-8-14-11-5-3-2-4-9(10)11/h2-5H,6-8H2,1H3. The Morgan fingerprint density at radius 3 is 3.14 bits per heavy atom. The minimum absolute atomic E-state index is 0.586. The van der Waals surface area contributed by atoms with Gasteiger partial charge in [-0.1, -0.05) is 12.1 Å². The number of ether oxygens (including phenoxy) is 2. The molecule has 0 atom stereocenters. The fourth-order valence-electron chi connectivity index (χ4n) is 1.46. The Morgan fingerprint density at radius 2 is 2.29 bits per heavy atom. The molecule has 2 rings (SSSR count). The van der Waals surface area contributed by atoms with E-state index in [0.29, 0.717) is 19.8 Å². The van der Waals surface area contributed by atoms with Crippen LogP contribution in [0, 0.1) is 0 Å². The number of fused-ring (bicyclic) bond motifs is 1. The predicted octanol–water partition coefficient (Wildman–Crippen LogP) is 1.51. The minimum atomic E-state index is 0.586. The first-order valence-electron chi connectivity index (χ1n) is 4.66. The van der Waals surface area contributed by atoms with E-state index in [0.717, 1.165) is 17.0 Å². The van der Waals surface area contributed by atoms with Gasteiger partial charge in [-0.05, 0) is 12.1 Å². The summed E-state index contributed by atoms with van der Waals surface area (Å²) < 4.78 is 10.4. The normalized spacial score (nSPS) is 16.8. The van der Waals surface area contributed by atoms with Crippen LogP contribution in [0.2, 0.25) is 0 Å². The summed E-state index contributed by atoms with van der Waals surface area (Å²) in [7, 11) is 1.68. The minimum Gasteiger partial charge on any atom is -0.487 e. The number of nitrogens with zero attached hydrogens (tertiary/aromatic N) is 1. The average Bonchev–Trinajstić information content (AvgIpc) is 2.63. The van der Waals surface area contributed by atoms with Crippen molar-refractivity contribution in [1.82, 2.24) is 0 Å². The van der Waals surface area contributed by atoms with Gasteiger partial charge in [-0.25, -0.2) is 0 Å². The molecular formula is C11H13NO2. The van der Waals surface area contributed by atoms with E-state index in [2.05, 4.69) is 4.99 Å². The lowest BCUT2D eigenvalue weighted by Crippen LogP contribution is -2.05. The number of para-hydroxylation sites is 1. The Bertz CT molecular complexity index is 347. The van der Waals surface area contributed by atoms with Crippen molar-refractivity contribution in [2.24, 2.45) is 4.99 Å². The molecule has 0 fully saturated rings. The largest absolute Gasteiger partial charge is 0.487 e. The van der Waals surface area contributed by atoms with Crippen LogP contribution in [0.3, 0.4) is 0 Å². The molecule has 0 N–H and O–H groups in total. The quantitative estimate of drug-likeness (QED) is 0.678. The molecule has 0 spiro atoms. The summed E-state index contributed by atoms with van der Waals surface area (Å²) >= 11 is 0. The number of benzene rings is 1. The molecule has 0 radical (unpaired) electrons. The van der Waals surface area contributed by atoms with Crippen LogP contribution < -0.4 is 4.74 Å². The van der Waals surface area contributed by atoms with Crippen molar-refractivity contribution in [2.75, 3.05) is 26.9 Å². The van der Waals surface area contributed by atoms with Gasteiger partial charge in [0.05, 0.1) is 18.9 Å². The highest BCUT2D eigenvalue weighted by Gasteiger charge is 2.17. The molecule has 0 bridgehead atoms. The third-order valence-corrected chi connectivity index (χ3v) is 2.16. The molecule has 0 saturated heterocycles. The van der Waals surface area contributed by atoms with Crippen molar-refractivity contribution in [3.8, 4) is 5.75 Å². The number of hydrogen-bond acceptors (Lipinski definition) is 3. The van der Waals surface area contributed by atoms with Crippen LogP contribution in [0.1, 0.15) is 5.56 Å². The van der Waals surface area contributed by atoms with Gasteiger partial charge in [0.1, 0.15) is 12.4 Å². The summed E-state index contributed by atoms with van der Waals surface area (Å²) in [4.78, 5) is 4.42. The lowest BCUT2D eigenvalue weighted by Gasteiger charge is -1.96. The van der Waals surface area contributed by atoms with Crippen LogP contribution in [0.5, 0.6) is 5.75 Å². The highest BCUT2D eigenvalue weighted by atomic mass is 16.5. The molecule has 3 heteroatoms. The highest BCUT2D eigenvalue weighted by Crippen LogP contribution is 2.24. The van der Waals surface area contributed by atoms with E-state index in [-0.39, 0.29) is 0 Å². The van der Waals surface area contributed by atoms with Crippen molar-refractivity contribution in [2.45, 2.75) is 0 Å². The summed E-state index contributed by atoms with van der Waals surface area (Å²) in [5.74, 6) is 0.934. The Labute approximate surface area is 83.4 Å². The Balaban J connectivity index is 2.13. The third-order valence-electron chi connectivity index (χ3n) is 2.16. The average molecular weight is 191 g/mol. The van der Waals surface area contributed by atoms with E-state index in [9.17, 15) is 0 Å². The predicted molar refractivity (Wildman–Crippen MR) is 55.2 cm³/mol. The fourth-order valence-corrected chi connectivity index (χ4v) is 1.46. The molecule has 74 valence electrons. The molecule has 14 heavy (non-hydrogen) atoms. The molecule has 1 aliphatic heterocycles. The van der Waals surface area contributed by atoms with Gasteiger partial charge in [0, 0.05) is 12.7 Å². The second kappa shape index (κ2) is 4.24. The molecule has 1 aliphatic rings. The summed E-state index contributed by atoms with van der Waals surface area (Å²) in [6.45, 7) is 1.94. The zero-order chi connectivity index (χ0) is 9.80. The maximum atomic E-state index is 5.47. The number of methoxy groups -OCH3 is 1. The van der Waals surface area contributed by atoms with Gasteiger partial charge in [-0.15, -0.1) is 0 Å². The first-order chi connectivity index (χ1) is 6.92. The van der Waals surface area contributed by atoms with Crippen molar-refractivity contribution in [1.29, 1.82) is 0 Å². The van der Waals surface area contributed by atoms with Crippen LogP contribution >= 0.6 is 0 Å². The summed E-state index contributed by atoms with van der Waals surface area (Å²) in [5, 5.41) is 0. The molecule has 1 aromatic carbocycles. The molecule has 1 aromatic rings. The Kier molecular flexibility index (Phi) is 2.79. The monoisotopic (exact) mass is 191 g/mol. The number of aliphatic imine (C=N–C) groups is 1. The van der Waals surface area contributed by atoms with Crippen LogP contribution in [0.25, 0.3) is 0 Å². The second-order valence-corrected chi connectivity index (χ2v) is 3.11. The van der Waals surface area contributed by atoms with E-state index in [1.165, 1.54) is 0 Å². The van der Waals surface area contributed by atoms with Gasteiger partial charge in [-0.3, -0.25) is 4.99 Å². The van der Waals surface area contributed by atoms with Gasteiger partial charge in [0.2, 0.25) is 0 Å². The Morgan fingerprint density at radius 1 is 1.43 bits per heavy atom. The van der Waals surface area contributed by atoms with Crippen molar-refractivity contribution in [3.05, 3.63) is 29.8 Å². The highest BCUT2D eigenvalue weighted by molar-refractivity contribution is 6.06. The van der Waals surface area contributed by atoms with E-state index in [1.54, 1.807) is 7.11 Å². The van der Waals surface area contributed by atoms with Crippen LogP contribution in [-0.2, 0) is 4.74 Å². The number of hydrogen-bond donors (Lipinski definition) is 0. The number of rotatable bonds is 3. The van der Waals surface area contributed by atoms with Crippen molar-refractivity contribution in [3.63, 3.8) is 0 Å². The molecule has 3 nitrogen and oxygen atoms in total. The SMILES string of the molecule is COCCN=C1COc2ccccc21. The smallest absolute Gasteiger partial charge is 0.131 e. The summed E-state index contributed by atoms with van der Waals surface area (Å²) in [6.07, 6.45) is 0. The third kappa shape index (κ3) is 1.77. The lowest BCUT2D eigenvalue weighted by atomic mass is 10.1. The van der Waals surface area contributed by atoms with Crippen LogP contribution in [0.15, 0.2) is 29.3 Å². The van der Waals surface area contributed by atoms with Gasteiger partial charge in [0.15, 0.2) is 0 Å². The van der Waals surface area contributed by atoms with E-state index in [1.807, 2.05) is 24.3 Å². The second-order valence-electron chi connectivity index (χ2n) is 3.11. The lowest BCUT2D eigenvalue weighted by molar-refractivity contribution is 0.208. The van der Waals surface area contributed by atoms with Crippen molar-refractivity contribution < 1.29 is 9.47 Å². The zero-order valence-corrected chi connectivity index (χ0v) is 8.19. The Hall–Kier alpha value is -1.35. The van der Waals surface area contributed by atoms with Crippen LogP contribution in [-0.4, -0.2) is 32.6 Å². The topological polar surface area (TPSA) is 30.8 Å². The molecule has 0 aromatic heterocycles. The zero-order valence-electron chi connectivity index (χ0n) is 8.19. The molecule has 0 unspecified atom stereocenters. The fraction of sp³-hybridized carbons (Fsp3) is 0.364. The van der Waals surface area contributed by atoms with Crippen LogP contribution in [0.4, 0.5) is 0 Å². The van der Waals surface area contributed by atoms with E-state index < -0.39 is 0 Å². The van der Waals surface area contributed by atoms with Gasteiger partial charge in [-0.2, -0.15) is 0 Å². The van der Waals surface area contributed by atoms with E-state index >= 15 is 0 Å².